The number of fused-ring (bicyclic) bond motifs is 1. The number of furan rings is 1. The highest BCUT2D eigenvalue weighted by molar-refractivity contribution is 9.10. The van der Waals surface area contributed by atoms with Crippen molar-refractivity contribution >= 4 is 38.8 Å². The molecule has 0 radical (unpaired) electrons. The third-order valence-electron chi connectivity index (χ3n) is 2.51. The van der Waals surface area contributed by atoms with Crippen LogP contribution in [0.5, 0.6) is 0 Å². The summed E-state index contributed by atoms with van der Waals surface area (Å²) in [5, 5.41) is 20.5. The van der Waals surface area contributed by atoms with Gasteiger partial charge in [-0.15, -0.1) is 0 Å². The Bertz CT molecular complexity index is 636. The Morgan fingerprint density at radius 2 is 2.16 bits per heavy atom. The molecule has 100 valence electrons. The number of nitrogens with one attached hydrogen (secondary N) is 1. The van der Waals surface area contributed by atoms with E-state index in [9.17, 15) is 9.59 Å². The van der Waals surface area contributed by atoms with E-state index in [1.807, 2.05) is 0 Å². The van der Waals surface area contributed by atoms with Crippen LogP contribution in [0.1, 0.15) is 10.6 Å². The first kappa shape index (κ1) is 13.6. The van der Waals surface area contributed by atoms with E-state index in [1.54, 1.807) is 18.2 Å². The fraction of sp³-hybridized carbons (Fsp3) is 0.167. The van der Waals surface area contributed by atoms with Gasteiger partial charge in [0.2, 0.25) is 0 Å². The highest BCUT2D eigenvalue weighted by atomic mass is 79.9. The zero-order chi connectivity index (χ0) is 14.0. The molecular formula is C12H10BrNO5. The number of carboxylic acids is 1. The van der Waals surface area contributed by atoms with Crippen molar-refractivity contribution in [3.8, 4) is 0 Å². The molecule has 1 aromatic carbocycles. The average Bonchev–Trinajstić information content (AvgIpc) is 2.80. The van der Waals surface area contributed by atoms with Crippen molar-refractivity contribution in [1.82, 2.24) is 5.32 Å². The Hall–Kier alpha value is -1.86. The van der Waals surface area contributed by atoms with Gasteiger partial charge in [-0.05, 0) is 28.1 Å². The second-order valence-electron chi connectivity index (χ2n) is 3.82. The van der Waals surface area contributed by atoms with Crippen LogP contribution in [0.2, 0.25) is 0 Å². The summed E-state index contributed by atoms with van der Waals surface area (Å²) in [5.41, 5.74) is 0.503. The first-order valence-electron chi connectivity index (χ1n) is 5.35. The first-order valence-corrected chi connectivity index (χ1v) is 6.15. The van der Waals surface area contributed by atoms with E-state index < -0.39 is 24.5 Å². The summed E-state index contributed by atoms with van der Waals surface area (Å²) >= 11 is 3.29. The van der Waals surface area contributed by atoms with Gasteiger partial charge < -0.3 is 19.9 Å². The topological polar surface area (TPSA) is 99.8 Å². The molecule has 0 bridgehead atoms. The summed E-state index contributed by atoms with van der Waals surface area (Å²) in [6.07, 6.45) is 0. The molecule has 0 fully saturated rings. The zero-order valence-electron chi connectivity index (χ0n) is 9.59. The second-order valence-corrected chi connectivity index (χ2v) is 4.67. The highest BCUT2D eigenvalue weighted by Gasteiger charge is 2.22. The lowest BCUT2D eigenvalue weighted by Crippen LogP contribution is -2.43. The predicted octanol–water partition coefficient (Wildman–Crippen LogP) is 1.37. The summed E-state index contributed by atoms with van der Waals surface area (Å²) in [4.78, 5) is 22.5. The lowest BCUT2D eigenvalue weighted by molar-refractivity contribution is -0.140. The highest BCUT2D eigenvalue weighted by Crippen LogP contribution is 2.26. The maximum atomic E-state index is 11.8. The minimum absolute atomic E-state index is 0.0124. The molecule has 6 nitrogen and oxygen atoms in total. The van der Waals surface area contributed by atoms with Crippen molar-refractivity contribution in [2.45, 2.75) is 6.04 Å². The van der Waals surface area contributed by atoms with Crippen molar-refractivity contribution < 1.29 is 24.2 Å². The molecule has 1 atom stereocenters. The Labute approximate surface area is 116 Å². The van der Waals surface area contributed by atoms with E-state index in [0.29, 0.717) is 10.1 Å². The van der Waals surface area contributed by atoms with Crippen LogP contribution in [-0.4, -0.2) is 34.7 Å². The number of para-hydroxylation sites is 1. The van der Waals surface area contributed by atoms with Crippen LogP contribution < -0.4 is 5.32 Å². The van der Waals surface area contributed by atoms with Crippen molar-refractivity contribution in [3.05, 3.63) is 34.5 Å². The lowest BCUT2D eigenvalue weighted by Gasteiger charge is -2.09. The number of aliphatic hydroxyl groups excluding tert-OH is 1. The molecule has 1 heterocycles. The maximum absolute atomic E-state index is 11.8. The predicted molar refractivity (Wildman–Crippen MR) is 69.9 cm³/mol. The smallest absolute Gasteiger partial charge is 0.328 e. The molecule has 0 aliphatic heterocycles. The number of benzene rings is 1. The molecule has 0 saturated heterocycles. The van der Waals surface area contributed by atoms with Crippen molar-refractivity contribution in [3.63, 3.8) is 0 Å². The van der Waals surface area contributed by atoms with Crippen LogP contribution >= 0.6 is 15.9 Å². The van der Waals surface area contributed by atoms with Crippen molar-refractivity contribution in [1.29, 1.82) is 0 Å². The number of amides is 1. The largest absolute Gasteiger partial charge is 0.480 e. The van der Waals surface area contributed by atoms with Crippen LogP contribution in [0.3, 0.4) is 0 Å². The van der Waals surface area contributed by atoms with E-state index in [1.165, 1.54) is 6.07 Å². The number of hydrogen-bond donors (Lipinski definition) is 3. The fourth-order valence-electron chi connectivity index (χ4n) is 1.55. The Morgan fingerprint density at radius 1 is 1.42 bits per heavy atom. The van der Waals surface area contributed by atoms with Crippen LogP contribution in [-0.2, 0) is 4.79 Å². The molecule has 2 rings (SSSR count). The first-order chi connectivity index (χ1) is 9.02. The number of carbonyl (C=O) groups excluding carboxylic acids is 1. The fourth-order valence-corrected chi connectivity index (χ4v) is 2.02. The van der Waals surface area contributed by atoms with E-state index in [2.05, 4.69) is 21.2 Å². The standard InChI is InChI=1S/C12H10BrNO5/c13-7-3-1-2-6-4-9(19-10(6)7)11(16)14-8(5-15)12(17)18/h1-4,8,15H,5H2,(H,14,16)(H,17,18)/t8-/m0/s1. The molecule has 19 heavy (non-hydrogen) atoms. The molecule has 2 aromatic rings. The van der Waals surface area contributed by atoms with Gasteiger partial charge in [0.05, 0.1) is 11.1 Å². The third kappa shape index (κ3) is 2.77. The molecule has 0 saturated carbocycles. The van der Waals surface area contributed by atoms with E-state index in [0.717, 1.165) is 5.39 Å². The summed E-state index contributed by atoms with van der Waals surface area (Å²) in [7, 11) is 0. The molecule has 0 spiro atoms. The summed E-state index contributed by atoms with van der Waals surface area (Å²) in [6.45, 7) is -0.689. The number of halogens is 1. The Morgan fingerprint density at radius 3 is 2.74 bits per heavy atom. The Kier molecular flexibility index (Phi) is 3.87. The van der Waals surface area contributed by atoms with Gasteiger partial charge in [-0.25, -0.2) is 4.79 Å². The molecule has 0 aliphatic carbocycles. The number of carboxylic acid groups (broad SMARTS) is 1. The normalized spacial score (nSPS) is 12.3. The number of aliphatic hydroxyl groups is 1. The summed E-state index contributed by atoms with van der Waals surface area (Å²) in [5.74, 6) is -2.01. The molecule has 1 aromatic heterocycles. The number of carbonyl (C=O) groups is 2. The van der Waals surface area contributed by atoms with E-state index in [-0.39, 0.29) is 5.76 Å². The van der Waals surface area contributed by atoms with Gasteiger partial charge in [-0.1, -0.05) is 12.1 Å². The third-order valence-corrected chi connectivity index (χ3v) is 3.13. The van der Waals surface area contributed by atoms with Gasteiger partial charge in [0, 0.05) is 5.39 Å². The van der Waals surface area contributed by atoms with Gasteiger partial charge in [-0.2, -0.15) is 0 Å². The zero-order valence-corrected chi connectivity index (χ0v) is 11.2. The molecule has 1 amide bonds. The van der Waals surface area contributed by atoms with Crippen molar-refractivity contribution in [2.75, 3.05) is 6.61 Å². The number of rotatable bonds is 4. The van der Waals surface area contributed by atoms with Crippen LogP contribution in [0.15, 0.2) is 33.2 Å². The number of hydrogen-bond acceptors (Lipinski definition) is 4. The van der Waals surface area contributed by atoms with Crippen LogP contribution in [0, 0.1) is 0 Å². The molecular weight excluding hydrogens is 318 g/mol. The SMILES string of the molecule is O=C(N[C@@H](CO)C(=O)O)c1cc2cccc(Br)c2o1. The monoisotopic (exact) mass is 327 g/mol. The molecule has 0 aliphatic rings. The number of aliphatic carboxylic acids is 1. The quantitative estimate of drug-likeness (QED) is 0.787. The molecule has 7 heteroatoms. The maximum Gasteiger partial charge on any atom is 0.328 e. The van der Waals surface area contributed by atoms with Gasteiger partial charge >= 0.3 is 5.97 Å². The van der Waals surface area contributed by atoms with Gasteiger partial charge in [0.25, 0.3) is 5.91 Å². The summed E-state index contributed by atoms with van der Waals surface area (Å²) in [6, 6.07) is 5.47. The van der Waals surface area contributed by atoms with Crippen LogP contribution in [0.4, 0.5) is 0 Å². The average molecular weight is 328 g/mol. The van der Waals surface area contributed by atoms with Gasteiger partial charge in [0.15, 0.2) is 11.8 Å². The van der Waals surface area contributed by atoms with Gasteiger partial charge in [-0.3, -0.25) is 4.79 Å². The molecule has 3 N–H and O–H groups in total. The van der Waals surface area contributed by atoms with Crippen LogP contribution in [0.25, 0.3) is 11.0 Å². The lowest BCUT2D eigenvalue weighted by atomic mass is 10.2. The van der Waals surface area contributed by atoms with E-state index in [4.69, 9.17) is 14.6 Å². The second kappa shape index (κ2) is 5.41. The summed E-state index contributed by atoms with van der Waals surface area (Å²) < 4.78 is 6.05. The Balaban J connectivity index is 2.27. The minimum atomic E-state index is -1.36. The minimum Gasteiger partial charge on any atom is -0.480 e. The van der Waals surface area contributed by atoms with Gasteiger partial charge in [0.1, 0.15) is 5.58 Å². The van der Waals surface area contributed by atoms with Crippen molar-refractivity contribution in [2.24, 2.45) is 0 Å². The van der Waals surface area contributed by atoms with E-state index >= 15 is 0 Å². The molecule has 0 unspecified atom stereocenters.